The largest absolute Gasteiger partial charge is 0.361 e. The second-order valence-corrected chi connectivity index (χ2v) is 5.45. The molecule has 0 radical (unpaired) electrons. The maximum Gasteiger partial charge on any atom is 0.141 e. The number of nitrogens with zero attached hydrogens (tertiary/aromatic N) is 3. The van der Waals surface area contributed by atoms with Crippen LogP contribution in [0.5, 0.6) is 0 Å². The van der Waals surface area contributed by atoms with Gasteiger partial charge in [0.25, 0.3) is 0 Å². The van der Waals surface area contributed by atoms with Crippen LogP contribution in [0.15, 0.2) is 29.0 Å². The van der Waals surface area contributed by atoms with Crippen molar-refractivity contribution < 1.29 is 4.52 Å². The summed E-state index contributed by atoms with van der Waals surface area (Å²) >= 11 is 0. The highest BCUT2D eigenvalue weighted by Gasteiger charge is 2.31. The third-order valence-electron chi connectivity index (χ3n) is 4.11. The molecule has 1 aliphatic heterocycles. The highest BCUT2D eigenvalue weighted by molar-refractivity contribution is 5.27. The lowest BCUT2D eigenvalue weighted by atomic mass is 10.0. The fourth-order valence-electron chi connectivity index (χ4n) is 3.17. The van der Waals surface area contributed by atoms with E-state index >= 15 is 0 Å². The van der Waals surface area contributed by atoms with Gasteiger partial charge in [-0.1, -0.05) is 18.1 Å². The van der Waals surface area contributed by atoms with Crippen LogP contribution >= 0.6 is 0 Å². The molecule has 3 heterocycles. The first-order valence-electron chi connectivity index (χ1n) is 7.37. The van der Waals surface area contributed by atoms with Gasteiger partial charge in [0.2, 0.25) is 0 Å². The number of hydrogen-bond donors (Lipinski definition) is 0. The van der Waals surface area contributed by atoms with Gasteiger partial charge in [-0.25, -0.2) is 0 Å². The van der Waals surface area contributed by atoms with E-state index < -0.39 is 0 Å². The van der Waals surface area contributed by atoms with Crippen molar-refractivity contribution in [1.82, 2.24) is 15.0 Å². The predicted molar refractivity (Wildman–Crippen MR) is 77.2 cm³/mol. The molecule has 2 aromatic heterocycles. The third kappa shape index (κ3) is 2.48. The van der Waals surface area contributed by atoms with Gasteiger partial charge in [0, 0.05) is 37.0 Å². The monoisotopic (exact) mass is 271 g/mol. The summed E-state index contributed by atoms with van der Waals surface area (Å²) in [5.74, 6) is 1.05. The fraction of sp³-hybridized carbons (Fsp3) is 0.500. The van der Waals surface area contributed by atoms with Gasteiger partial charge in [0.05, 0.1) is 5.69 Å². The Morgan fingerprint density at radius 1 is 1.45 bits per heavy atom. The van der Waals surface area contributed by atoms with E-state index in [1.54, 1.807) is 0 Å². The summed E-state index contributed by atoms with van der Waals surface area (Å²) in [5, 5.41) is 4.16. The van der Waals surface area contributed by atoms with Crippen molar-refractivity contribution in [2.45, 2.75) is 45.7 Å². The van der Waals surface area contributed by atoms with Gasteiger partial charge < -0.3 is 4.52 Å². The number of hydrogen-bond acceptors (Lipinski definition) is 4. The molecule has 0 N–H and O–H groups in total. The minimum Gasteiger partial charge on any atom is -0.361 e. The summed E-state index contributed by atoms with van der Waals surface area (Å²) in [6.07, 6.45) is 7.11. The van der Waals surface area contributed by atoms with E-state index in [4.69, 9.17) is 4.52 Å². The lowest BCUT2D eigenvalue weighted by molar-refractivity contribution is 0.244. The molecule has 1 atom stereocenters. The zero-order chi connectivity index (χ0) is 13.9. The average Bonchev–Trinajstić information content (AvgIpc) is 3.06. The SMILES string of the molecule is CCc1onc(C)c1C1CCCN1Cc1cccnc1. The number of pyridine rings is 1. The second-order valence-electron chi connectivity index (χ2n) is 5.45. The van der Waals surface area contributed by atoms with Gasteiger partial charge >= 0.3 is 0 Å². The average molecular weight is 271 g/mol. The van der Waals surface area contributed by atoms with Gasteiger partial charge in [-0.2, -0.15) is 0 Å². The maximum absolute atomic E-state index is 5.47. The smallest absolute Gasteiger partial charge is 0.141 e. The zero-order valence-electron chi connectivity index (χ0n) is 12.2. The highest BCUT2D eigenvalue weighted by atomic mass is 16.5. The van der Waals surface area contributed by atoms with Crippen molar-refractivity contribution in [3.8, 4) is 0 Å². The Morgan fingerprint density at radius 3 is 3.10 bits per heavy atom. The van der Waals surface area contributed by atoms with Crippen LogP contribution in [0.2, 0.25) is 0 Å². The summed E-state index contributed by atoms with van der Waals surface area (Å²) in [6.45, 7) is 6.27. The predicted octanol–water partition coefficient (Wildman–Crippen LogP) is 3.28. The second kappa shape index (κ2) is 5.75. The van der Waals surface area contributed by atoms with Crippen LogP contribution in [0, 0.1) is 6.92 Å². The third-order valence-corrected chi connectivity index (χ3v) is 4.11. The molecule has 1 saturated heterocycles. The molecule has 0 aliphatic carbocycles. The molecule has 1 fully saturated rings. The number of rotatable bonds is 4. The van der Waals surface area contributed by atoms with Crippen LogP contribution in [-0.4, -0.2) is 21.6 Å². The highest BCUT2D eigenvalue weighted by Crippen LogP contribution is 2.36. The van der Waals surface area contributed by atoms with Crippen molar-refractivity contribution in [3.63, 3.8) is 0 Å². The molecule has 3 rings (SSSR count). The Bertz CT molecular complexity index is 564. The molecular weight excluding hydrogens is 250 g/mol. The van der Waals surface area contributed by atoms with E-state index in [9.17, 15) is 0 Å². The summed E-state index contributed by atoms with van der Waals surface area (Å²) in [7, 11) is 0. The normalized spacial score (nSPS) is 19.6. The molecule has 2 aromatic rings. The van der Waals surface area contributed by atoms with E-state index in [0.29, 0.717) is 6.04 Å². The van der Waals surface area contributed by atoms with Crippen molar-refractivity contribution in [2.24, 2.45) is 0 Å². The summed E-state index contributed by atoms with van der Waals surface area (Å²) in [5.41, 5.74) is 3.63. The molecule has 1 aliphatic rings. The Balaban J connectivity index is 1.83. The van der Waals surface area contributed by atoms with Crippen LogP contribution in [0.3, 0.4) is 0 Å². The Hall–Kier alpha value is -1.68. The van der Waals surface area contributed by atoms with Gasteiger partial charge in [0.15, 0.2) is 0 Å². The molecule has 0 aromatic carbocycles. The number of aromatic nitrogens is 2. The van der Waals surface area contributed by atoms with Gasteiger partial charge in [-0.15, -0.1) is 0 Å². The zero-order valence-corrected chi connectivity index (χ0v) is 12.2. The van der Waals surface area contributed by atoms with Gasteiger partial charge in [-0.05, 0) is 37.9 Å². The van der Waals surface area contributed by atoms with E-state index in [0.717, 1.165) is 31.0 Å². The molecule has 20 heavy (non-hydrogen) atoms. The first-order valence-corrected chi connectivity index (χ1v) is 7.37. The Kier molecular flexibility index (Phi) is 3.83. The summed E-state index contributed by atoms with van der Waals surface area (Å²) in [6, 6.07) is 4.59. The number of likely N-dealkylation sites (tertiary alicyclic amines) is 1. The molecular formula is C16H21N3O. The molecule has 106 valence electrons. The van der Waals surface area contributed by atoms with E-state index in [1.807, 2.05) is 18.5 Å². The van der Waals surface area contributed by atoms with Crippen LogP contribution in [0.4, 0.5) is 0 Å². The minimum atomic E-state index is 0.441. The fourth-order valence-corrected chi connectivity index (χ4v) is 3.17. The Labute approximate surface area is 119 Å². The van der Waals surface area contributed by atoms with Crippen molar-refractivity contribution in [2.75, 3.05) is 6.54 Å². The van der Waals surface area contributed by atoms with Gasteiger partial charge in [0.1, 0.15) is 5.76 Å². The lowest BCUT2D eigenvalue weighted by Gasteiger charge is -2.24. The molecule has 0 saturated carbocycles. The van der Waals surface area contributed by atoms with Crippen LogP contribution in [-0.2, 0) is 13.0 Å². The first kappa shape index (κ1) is 13.3. The maximum atomic E-state index is 5.47. The topological polar surface area (TPSA) is 42.2 Å². The minimum absolute atomic E-state index is 0.441. The van der Waals surface area contributed by atoms with Gasteiger partial charge in [-0.3, -0.25) is 9.88 Å². The molecule has 1 unspecified atom stereocenters. The van der Waals surface area contributed by atoms with E-state index in [1.165, 1.54) is 24.0 Å². The summed E-state index contributed by atoms with van der Waals surface area (Å²) in [4.78, 5) is 6.73. The van der Waals surface area contributed by atoms with Crippen LogP contribution in [0.25, 0.3) is 0 Å². The quantitative estimate of drug-likeness (QED) is 0.856. The van der Waals surface area contributed by atoms with Crippen molar-refractivity contribution in [1.29, 1.82) is 0 Å². The molecule has 0 bridgehead atoms. The van der Waals surface area contributed by atoms with Crippen LogP contribution < -0.4 is 0 Å². The molecule has 0 amide bonds. The van der Waals surface area contributed by atoms with Crippen molar-refractivity contribution in [3.05, 3.63) is 47.1 Å². The molecule has 4 heteroatoms. The van der Waals surface area contributed by atoms with E-state index in [-0.39, 0.29) is 0 Å². The van der Waals surface area contributed by atoms with Crippen molar-refractivity contribution >= 4 is 0 Å². The standard InChI is InChI=1S/C16H21N3O/c1-3-15-16(12(2)18-20-15)14-7-5-9-19(14)11-13-6-4-8-17-10-13/h4,6,8,10,14H,3,5,7,9,11H2,1-2H3. The lowest BCUT2D eigenvalue weighted by Crippen LogP contribution is -2.23. The molecule has 4 nitrogen and oxygen atoms in total. The number of aryl methyl sites for hydroxylation is 2. The van der Waals surface area contributed by atoms with Crippen LogP contribution in [0.1, 0.15) is 48.4 Å². The first-order chi connectivity index (χ1) is 9.79. The van der Waals surface area contributed by atoms with E-state index in [2.05, 4.69) is 35.0 Å². The summed E-state index contributed by atoms with van der Waals surface area (Å²) < 4.78 is 5.47. The Morgan fingerprint density at radius 2 is 2.35 bits per heavy atom. The molecule has 0 spiro atoms.